The first-order valence-corrected chi connectivity index (χ1v) is 8.23. The lowest BCUT2D eigenvalue weighted by atomic mass is 9.76. The smallest absolute Gasteiger partial charge is 0.228 e. The van der Waals surface area contributed by atoms with Gasteiger partial charge in [0.15, 0.2) is 23.0 Å². The number of phenolic OH excluding ortho intramolecular Hbond substituents is 2. The second kappa shape index (κ2) is 5.81. The number of rotatable bonds is 3. The summed E-state index contributed by atoms with van der Waals surface area (Å²) in [5.41, 5.74) is 4.76. The Morgan fingerprint density at radius 2 is 1.96 bits per heavy atom. The maximum absolute atomic E-state index is 12.6. The molecule has 1 atom stereocenters. The molecule has 2 aromatic carbocycles. The normalized spacial score (nSPS) is 18.4. The van der Waals surface area contributed by atoms with Crippen molar-refractivity contribution >= 4 is 0 Å². The molecule has 1 aliphatic carbocycles. The van der Waals surface area contributed by atoms with E-state index in [2.05, 4.69) is 11.9 Å². The molecule has 0 saturated carbocycles. The summed E-state index contributed by atoms with van der Waals surface area (Å²) in [7, 11) is 3.59. The molecule has 0 aromatic heterocycles. The molecule has 1 heterocycles. The number of fused-ring (bicyclic) bond motifs is 2. The van der Waals surface area contributed by atoms with E-state index in [4.69, 9.17) is 9.47 Å². The van der Waals surface area contributed by atoms with Gasteiger partial charge in [0.25, 0.3) is 0 Å². The van der Waals surface area contributed by atoms with Crippen LogP contribution in [0.25, 0.3) is 11.1 Å². The van der Waals surface area contributed by atoms with Gasteiger partial charge in [0.1, 0.15) is 0 Å². The van der Waals surface area contributed by atoms with Crippen molar-refractivity contribution < 1.29 is 24.1 Å². The van der Waals surface area contributed by atoms with E-state index in [1.807, 2.05) is 0 Å². The highest BCUT2D eigenvalue weighted by Crippen LogP contribution is 2.53. The average molecular weight is 345 g/mol. The summed E-state index contributed by atoms with van der Waals surface area (Å²) < 4.78 is 23.0. The topological polar surface area (TPSA) is 62.2 Å². The number of nitrogens with zero attached hydrogens (tertiary/aromatic N) is 1. The van der Waals surface area contributed by atoms with Crippen molar-refractivity contribution in [1.29, 1.82) is 0 Å². The van der Waals surface area contributed by atoms with Gasteiger partial charge in [0.2, 0.25) is 6.86 Å². The van der Waals surface area contributed by atoms with Crippen molar-refractivity contribution in [3.63, 3.8) is 0 Å². The molecule has 0 saturated heterocycles. The molecule has 6 heteroatoms. The van der Waals surface area contributed by atoms with Crippen LogP contribution in [-0.4, -0.2) is 42.7 Å². The third-order valence-corrected chi connectivity index (χ3v) is 5.27. The Hall–Kier alpha value is -2.47. The van der Waals surface area contributed by atoms with Gasteiger partial charge in [-0.1, -0.05) is 0 Å². The van der Waals surface area contributed by atoms with Crippen LogP contribution in [0.4, 0.5) is 4.39 Å². The van der Waals surface area contributed by atoms with Crippen molar-refractivity contribution in [1.82, 2.24) is 4.90 Å². The van der Waals surface area contributed by atoms with E-state index in [0.717, 1.165) is 47.2 Å². The maximum atomic E-state index is 12.6. The number of likely N-dealkylation sites (N-methyl/N-ethyl adjacent to an activating group) is 1. The molecule has 2 N–H and O–H groups in total. The molecule has 5 nitrogen and oxygen atoms in total. The Bertz CT molecular complexity index is 852. The molecule has 0 amide bonds. The van der Waals surface area contributed by atoms with E-state index >= 15 is 0 Å². The molecule has 1 unspecified atom stereocenters. The van der Waals surface area contributed by atoms with Crippen molar-refractivity contribution in [2.45, 2.75) is 18.9 Å². The quantitative estimate of drug-likeness (QED) is 0.895. The first-order chi connectivity index (χ1) is 12.0. The fourth-order valence-corrected chi connectivity index (χ4v) is 4.11. The Morgan fingerprint density at radius 1 is 1.20 bits per heavy atom. The summed E-state index contributed by atoms with van der Waals surface area (Å²) in [6.07, 6.45) is 1.57. The van der Waals surface area contributed by atoms with Gasteiger partial charge in [-0.05, 0) is 60.3 Å². The van der Waals surface area contributed by atoms with Crippen LogP contribution in [0.15, 0.2) is 18.2 Å². The Kier molecular flexibility index (Phi) is 3.72. The van der Waals surface area contributed by atoms with E-state index < -0.39 is 6.86 Å². The largest absolute Gasteiger partial charge is 0.504 e. The monoisotopic (exact) mass is 345 g/mol. The van der Waals surface area contributed by atoms with Gasteiger partial charge < -0.3 is 19.7 Å². The molecule has 2 aromatic rings. The van der Waals surface area contributed by atoms with Crippen molar-refractivity contribution in [3.8, 4) is 34.1 Å². The molecule has 0 radical (unpaired) electrons. The van der Waals surface area contributed by atoms with Gasteiger partial charge in [-0.2, -0.15) is 0 Å². The highest BCUT2D eigenvalue weighted by molar-refractivity contribution is 5.84. The molecular weight excluding hydrogens is 325 g/mol. The predicted octanol–water partition coefficient (Wildman–Crippen LogP) is 3.16. The average Bonchev–Trinajstić information content (AvgIpc) is 2.59. The van der Waals surface area contributed by atoms with Crippen molar-refractivity contribution in [3.05, 3.63) is 34.9 Å². The fraction of sp³-hybridized carbons (Fsp3) is 0.368. The summed E-state index contributed by atoms with van der Waals surface area (Å²) in [6, 6.07) is 5.18. The van der Waals surface area contributed by atoms with Crippen LogP contribution in [0, 0.1) is 0 Å². The zero-order valence-corrected chi connectivity index (χ0v) is 14.2. The van der Waals surface area contributed by atoms with Crippen LogP contribution in [0.3, 0.4) is 0 Å². The Labute approximate surface area is 145 Å². The van der Waals surface area contributed by atoms with E-state index in [9.17, 15) is 14.6 Å². The van der Waals surface area contributed by atoms with Gasteiger partial charge in [-0.15, -0.1) is 0 Å². The number of hydrogen-bond acceptors (Lipinski definition) is 5. The first kappa shape index (κ1) is 16.0. The molecule has 0 bridgehead atoms. The number of hydrogen-bond donors (Lipinski definition) is 2. The van der Waals surface area contributed by atoms with Gasteiger partial charge in [0.05, 0.1) is 7.11 Å². The molecule has 4 rings (SSSR count). The number of halogens is 1. The van der Waals surface area contributed by atoms with Crippen molar-refractivity contribution in [2.75, 3.05) is 27.6 Å². The molecule has 0 spiro atoms. The predicted molar refractivity (Wildman–Crippen MR) is 91.1 cm³/mol. The number of benzene rings is 2. The second-order valence-electron chi connectivity index (χ2n) is 6.56. The molecule has 1 aliphatic heterocycles. The lowest BCUT2D eigenvalue weighted by Gasteiger charge is -2.40. The van der Waals surface area contributed by atoms with E-state index in [-0.39, 0.29) is 23.3 Å². The maximum Gasteiger partial charge on any atom is 0.228 e. The van der Waals surface area contributed by atoms with E-state index in [1.54, 1.807) is 18.2 Å². The minimum Gasteiger partial charge on any atom is -0.504 e. The summed E-state index contributed by atoms with van der Waals surface area (Å²) in [5, 5.41) is 20.6. The number of phenols is 2. The zero-order chi connectivity index (χ0) is 17.7. The lowest BCUT2D eigenvalue weighted by Crippen LogP contribution is -2.35. The van der Waals surface area contributed by atoms with Crippen LogP contribution in [0.2, 0.25) is 0 Å². The molecular formula is C19H20FNO4. The number of alkyl halides is 1. The number of aromatic hydroxyl groups is 2. The minimum absolute atomic E-state index is 0.0855. The fourth-order valence-electron chi connectivity index (χ4n) is 4.11. The second-order valence-corrected chi connectivity index (χ2v) is 6.56. The molecule has 0 fully saturated rings. The minimum atomic E-state index is -1.02. The standard InChI is InChI=1S/C19H20FNO4/c1-21-4-3-10-6-15(23)19(24-2)18-12-8-16(25-9-20)14(22)7-11(12)5-13(21)17(10)18/h6-8,13,22-23H,3-5,9H2,1-2H3. The number of ether oxygens (including phenoxy) is 2. The summed E-state index contributed by atoms with van der Waals surface area (Å²) in [5.74, 6) is 0.492. The van der Waals surface area contributed by atoms with Gasteiger partial charge >= 0.3 is 0 Å². The summed E-state index contributed by atoms with van der Waals surface area (Å²) in [4.78, 5) is 2.27. The van der Waals surface area contributed by atoms with Crippen LogP contribution in [0.1, 0.15) is 22.7 Å². The summed E-state index contributed by atoms with van der Waals surface area (Å²) >= 11 is 0. The van der Waals surface area contributed by atoms with Crippen LogP contribution in [-0.2, 0) is 12.8 Å². The van der Waals surface area contributed by atoms with Crippen LogP contribution < -0.4 is 9.47 Å². The zero-order valence-electron chi connectivity index (χ0n) is 14.2. The van der Waals surface area contributed by atoms with Gasteiger partial charge in [-0.25, -0.2) is 4.39 Å². The third-order valence-electron chi connectivity index (χ3n) is 5.27. The van der Waals surface area contributed by atoms with E-state index in [0.29, 0.717) is 5.75 Å². The van der Waals surface area contributed by atoms with Gasteiger partial charge in [-0.3, -0.25) is 4.90 Å². The number of methoxy groups -OCH3 is 1. The first-order valence-electron chi connectivity index (χ1n) is 8.23. The van der Waals surface area contributed by atoms with Crippen LogP contribution >= 0.6 is 0 Å². The van der Waals surface area contributed by atoms with Gasteiger partial charge in [0, 0.05) is 18.2 Å². The highest BCUT2D eigenvalue weighted by Gasteiger charge is 2.36. The molecule has 2 aliphatic rings. The molecule has 132 valence electrons. The lowest BCUT2D eigenvalue weighted by molar-refractivity contribution is 0.185. The van der Waals surface area contributed by atoms with Crippen molar-refractivity contribution in [2.24, 2.45) is 0 Å². The highest BCUT2D eigenvalue weighted by atomic mass is 19.1. The van der Waals surface area contributed by atoms with Crippen LogP contribution in [0.5, 0.6) is 23.0 Å². The molecule has 25 heavy (non-hydrogen) atoms. The summed E-state index contributed by atoms with van der Waals surface area (Å²) in [6.45, 7) is -0.125. The SMILES string of the molecule is COc1c(O)cc2c3c1-c1cc(OCF)c(O)cc1CC3N(C)CC2. The Morgan fingerprint density at radius 3 is 2.68 bits per heavy atom. The van der Waals surface area contributed by atoms with E-state index in [1.165, 1.54) is 7.11 Å². The Balaban J connectivity index is 2.04. The third kappa shape index (κ3) is 2.32.